The molecule has 0 spiro atoms. The van der Waals surface area contributed by atoms with E-state index in [2.05, 4.69) is 45.1 Å². The Morgan fingerprint density at radius 2 is 1.93 bits per heavy atom. The van der Waals surface area contributed by atoms with Crippen LogP contribution in [0.5, 0.6) is 5.75 Å². The van der Waals surface area contributed by atoms with Crippen molar-refractivity contribution in [2.75, 3.05) is 44.7 Å². The number of rotatable bonds is 6. The Morgan fingerprint density at radius 3 is 2.66 bits per heavy atom. The van der Waals surface area contributed by atoms with Gasteiger partial charge in [0.05, 0.1) is 13.2 Å². The number of ketones is 1. The van der Waals surface area contributed by atoms with Gasteiger partial charge in [-0.05, 0) is 35.7 Å². The molecule has 6 nitrogen and oxygen atoms in total. The molecule has 1 aliphatic heterocycles. The fourth-order valence-corrected chi connectivity index (χ4v) is 3.87. The second-order valence-corrected chi connectivity index (χ2v) is 7.34. The lowest BCUT2D eigenvalue weighted by atomic mass is 10.1. The van der Waals surface area contributed by atoms with E-state index in [0.717, 1.165) is 31.9 Å². The third-order valence-electron chi connectivity index (χ3n) is 5.49. The van der Waals surface area contributed by atoms with Crippen LogP contribution >= 0.6 is 0 Å². The van der Waals surface area contributed by atoms with E-state index >= 15 is 0 Å². The highest BCUT2D eigenvalue weighted by Gasteiger charge is 2.24. The van der Waals surface area contributed by atoms with E-state index in [0.29, 0.717) is 12.2 Å². The number of nitrogens with zero attached hydrogens (tertiary/aromatic N) is 3. The number of anilines is 1. The second-order valence-electron chi connectivity index (χ2n) is 7.34. The van der Waals surface area contributed by atoms with E-state index in [1.54, 1.807) is 25.4 Å². The Bertz CT molecular complexity index is 985. The van der Waals surface area contributed by atoms with Crippen LogP contribution in [-0.2, 0) is 0 Å². The molecule has 1 aliphatic rings. The van der Waals surface area contributed by atoms with Gasteiger partial charge in [-0.2, -0.15) is 0 Å². The largest absolute Gasteiger partial charge is 0.497 e. The third kappa shape index (κ3) is 4.23. The van der Waals surface area contributed by atoms with Gasteiger partial charge in [0.25, 0.3) is 0 Å². The van der Waals surface area contributed by atoms with Crippen LogP contribution in [0.15, 0.2) is 60.8 Å². The molecule has 0 amide bonds. The van der Waals surface area contributed by atoms with Gasteiger partial charge >= 0.3 is 0 Å². The van der Waals surface area contributed by atoms with Crippen LogP contribution in [0.25, 0.3) is 10.8 Å². The smallest absolute Gasteiger partial charge is 0.199 e. The first-order valence-corrected chi connectivity index (χ1v) is 9.90. The van der Waals surface area contributed by atoms with Crippen LogP contribution < -0.4 is 15.4 Å². The van der Waals surface area contributed by atoms with E-state index < -0.39 is 6.04 Å². The minimum Gasteiger partial charge on any atom is -0.497 e. The summed E-state index contributed by atoms with van der Waals surface area (Å²) in [4.78, 5) is 21.2. The SMILES string of the molecule is COc1ccc2cccc(N3CCN(CC(N)C(=O)c4ccccn4)CC3)c2c1. The molecule has 6 heteroatoms. The summed E-state index contributed by atoms with van der Waals surface area (Å²) < 4.78 is 5.41. The van der Waals surface area contributed by atoms with Gasteiger partial charge in [0.15, 0.2) is 5.78 Å². The maximum atomic E-state index is 12.5. The average molecular weight is 390 g/mol. The summed E-state index contributed by atoms with van der Waals surface area (Å²) in [6.45, 7) is 4.06. The van der Waals surface area contributed by atoms with Gasteiger partial charge in [0.1, 0.15) is 11.4 Å². The number of piperazine rings is 1. The minimum atomic E-state index is -0.557. The number of ether oxygens (including phenoxy) is 1. The molecule has 1 unspecified atom stereocenters. The predicted octanol–water partition coefficient (Wildman–Crippen LogP) is 2.58. The van der Waals surface area contributed by atoms with Gasteiger partial charge in [0, 0.05) is 50.0 Å². The quantitative estimate of drug-likeness (QED) is 0.653. The molecule has 4 rings (SSSR count). The van der Waals surface area contributed by atoms with Gasteiger partial charge in [-0.3, -0.25) is 14.7 Å². The summed E-state index contributed by atoms with van der Waals surface area (Å²) in [6.07, 6.45) is 1.62. The molecule has 29 heavy (non-hydrogen) atoms. The third-order valence-corrected chi connectivity index (χ3v) is 5.49. The predicted molar refractivity (Wildman–Crippen MR) is 116 cm³/mol. The number of benzene rings is 2. The normalized spacial score (nSPS) is 16.0. The molecule has 150 valence electrons. The fourth-order valence-electron chi connectivity index (χ4n) is 3.87. The lowest BCUT2D eigenvalue weighted by molar-refractivity contribution is 0.0929. The molecule has 0 aliphatic carbocycles. The zero-order valence-electron chi connectivity index (χ0n) is 16.6. The lowest BCUT2D eigenvalue weighted by Crippen LogP contribution is -2.51. The zero-order valence-corrected chi connectivity index (χ0v) is 16.6. The van der Waals surface area contributed by atoms with E-state index in [4.69, 9.17) is 10.5 Å². The molecule has 2 heterocycles. The summed E-state index contributed by atoms with van der Waals surface area (Å²) in [5.74, 6) is 0.761. The molecule has 2 aromatic carbocycles. The average Bonchev–Trinajstić information content (AvgIpc) is 2.79. The van der Waals surface area contributed by atoms with Crippen molar-refractivity contribution in [3.05, 3.63) is 66.5 Å². The molecule has 1 aromatic heterocycles. The van der Waals surface area contributed by atoms with Gasteiger partial charge < -0.3 is 15.4 Å². The number of hydrogen-bond acceptors (Lipinski definition) is 6. The second kappa shape index (κ2) is 8.59. The molecule has 1 atom stereocenters. The maximum absolute atomic E-state index is 12.5. The zero-order chi connectivity index (χ0) is 20.2. The molecule has 0 saturated carbocycles. The molecule has 2 N–H and O–H groups in total. The van der Waals surface area contributed by atoms with Crippen LogP contribution in [-0.4, -0.2) is 61.5 Å². The molecule has 1 fully saturated rings. The van der Waals surface area contributed by atoms with Crippen molar-refractivity contribution >= 4 is 22.2 Å². The number of Topliss-reactive ketones (excluding diaryl/α,β-unsaturated/α-hetero) is 1. The number of carbonyl (C=O) groups is 1. The fraction of sp³-hybridized carbons (Fsp3) is 0.304. The summed E-state index contributed by atoms with van der Waals surface area (Å²) in [6, 6.07) is 17.3. The Balaban J connectivity index is 1.41. The topological polar surface area (TPSA) is 71.7 Å². The molecular formula is C23H26N4O2. The summed E-state index contributed by atoms with van der Waals surface area (Å²) >= 11 is 0. The van der Waals surface area contributed by atoms with E-state index in [1.165, 1.54) is 16.5 Å². The minimum absolute atomic E-state index is 0.103. The highest BCUT2D eigenvalue weighted by Crippen LogP contribution is 2.30. The van der Waals surface area contributed by atoms with Crippen molar-refractivity contribution in [1.82, 2.24) is 9.88 Å². The number of nitrogens with two attached hydrogens (primary N) is 1. The molecule has 3 aromatic rings. The number of fused-ring (bicyclic) bond motifs is 1. The first-order chi connectivity index (χ1) is 14.2. The first-order valence-electron chi connectivity index (χ1n) is 9.90. The van der Waals surface area contributed by atoms with Crippen molar-refractivity contribution in [3.8, 4) is 5.75 Å². The number of methoxy groups -OCH3 is 1. The van der Waals surface area contributed by atoms with Gasteiger partial charge in [-0.15, -0.1) is 0 Å². The molecule has 1 saturated heterocycles. The number of pyridine rings is 1. The van der Waals surface area contributed by atoms with Crippen molar-refractivity contribution < 1.29 is 9.53 Å². The van der Waals surface area contributed by atoms with E-state index in [-0.39, 0.29) is 5.78 Å². The van der Waals surface area contributed by atoms with E-state index in [9.17, 15) is 4.79 Å². The highest BCUT2D eigenvalue weighted by atomic mass is 16.5. The number of hydrogen-bond donors (Lipinski definition) is 1. The molecule has 0 radical (unpaired) electrons. The van der Waals surface area contributed by atoms with Gasteiger partial charge in [-0.25, -0.2) is 0 Å². The number of carbonyl (C=O) groups excluding carboxylic acids is 1. The van der Waals surface area contributed by atoms with Crippen LogP contribution in [0.3, 0.4) is 0 Å². The Hall–Kier alpha value is -2.96. The van der Waals surface area contributed by atoms with E-state index in [1.807, 2.05) is 12.1 Å². The molecule has 0 bridgehead atoms. The first kappa shape index (κ1) is 19.4. The van der Waals surface area contributed by atoms with Crippen molar-refractivity contribution in [3.63, 3.8) is 0 Å². The summed E-state index contributed by atoms with van der Waals surface area (Å²) in [7, 11) is 1.69. The maximum Gasteiger partial charge on any atom is 0.199 e. The van der Waals surface area contributed by atoms with Crippen LogP contribution in [0, 0.1) is 0 Å². The lowest BCUT2D eigenvalue weighted by Gasteiger charge is -2.37. The standard InChI is InChI=1S/C23H26N4O2/c1-29-18-9-8-17-5-4-7-22(19(17)15-18)27-13-11-26(12-14-27)16-20(24)23(28)21-6-2-3-10-25-21/h2-10,15,20H,11-14,16,24H2,1H3. The Labute approximate surface area is 170 Å². The van der Waals surface area contributed by atoms with Crippen molar-refractivity contribution in [1.29, 1.82) is 0 Å². The van der Waals surface area contributed by atoms with Gasteiger partial charge in [-0.1, -0.05) is 24.3 Å². The van der Waals surface area contributed by atoms with Crippen molar-refractivity contribution in [2.24, 2.45) is 5.73 Å². The highest BCUT2D eigenvalue weighted by molar-refractivity contribution is 5.98. The van der Waals surface area contributed by atoms with Crippen LogP contribution in [0.4, 0.5) is 5.69 Å². The number of aromatic nitrogens is 1. The molecular weight excluding hydrogens is 364 g/mol. The van der Waals surface area contributed by atoms with Crippen molar-refractivity contribution in [2.45, 2.75) is 6.04 Å². The Kier molecular flexibility index (Phi) is 5.74. The Morgan fingerprint density at radius 1 is 1.10 bits per heavy atom. The van der Waals surface area contributed by atoms with Crippen LogP contribution in [0.1, 0.15) is 10.5 Å². The van der Waals surface area contributed by atoms with Gasteiger partial charge in [0.2, 0.25) is 0 Å². The summed E-state index contributed by atoms with van der Waals surface area (Å²) in [5, 5.41) is 2.40. The van der Waals surface area contributed by atoms with Crippen LogP contribution in [0.2, 0.25) is 0 Å². The monoisotopic (exact) mass is 390 g/mol. The summed E-state index contributed by atoms with van der Waals surface area (Å²) in [5.41, 5.74) is 7.82.